The van der Waals surface area contributed by atoms with Gasteiger partial charge >= 0.3 is 6.03 Å². The van der Waals surface area contributed by atoms with Crippen LogP contribution in [0.1, 0.15) is 25.3 Å². The zero-order valence-electron chi connectivity index (χ0n) is 15.1. The summed E-state index contributed by atoms with van der Waals surface area (Å²) in [5, 5.41) is 3.08. The summed E-state index contributed by atoms with van der Waals surface area (Å²) < 4.78 is 2.06. The molecule has 1 aromatic carbocycles. The van der Waals surface area contributed by atoms with E-state index in [2.05, 4.69) is 51.9 Å². The van der Waals surface area contributed by atoms with Crippen LogP contribution in [0.25, 0.3) is 0 Å². The summed E-state index contributed by atoms with van der Waals surface area (Å²) in [4.78, 5) is 20.9. The molecule has 1 aliphatic rings. The number of unbranched alkanes of at least 4 members (excludes halogenated alkanes) is 1. The van der Waals surface area contributed by atoms with Crippen LogP contribution in [0, 0.1) is 0 Å². The number of aryl methyl sites for hydroxylation is 1. The normalized spacial score (nSPS) is 17.1. The highest BCUT2D eigenvalue weighted by molar-refractivity contribution is 5.75. The predicted molar refractivity (Wildman–Crippen MR) is 99.6 cm³/mol. The molecule has 1 N–H and O–H groups in total. The summed E-state index contributed by atoms with van der Waals surface area (Å²) in [6, 6.07) is 8.52. The van der Waals surface area contributed by atoms with Crippen molar-refractivity contribution in [2.75, 3.05) is 25.0 Å². The molecule has 0 fully saturated rings. The largest absolute Gasteiger partial charge is 0.372 e. The number of fused-ring (bicyclic) bond motifs is 1. The maximum absolute atomic E-state index is 12.7. The first kappa shape index (κ1) is 17.3. The molecule has 2 heterocycles. The molecular weight excluding hydrogens is 314 g/mol. The van der Waals surface area contributed by atoms with Crippen molar-refractivity contribution in [3.63, 3.8) is 0 Å². The third kappa shape index (κ3) is 4.32. The van der Waals surface area contributed by atoms with Crippen molar-refractivity contribution in [2.45, 2.75) is 38.9 Å². The molecule has 0 saturated carbocycles. The van der Waals surface area contributed by atoms with Crippen LogP contribution in [0.5, 0.6) is 0 Å². The molecule has 0 bridgehead atoms. The molecule has 134 valence electrons. The minimum atomic E-state index is 0.0280. The average Bonchev–Trinajstić information content (AvgIpc) is 3.08. The summed E-state index contributed by atoms with van der Waals surface area (Å²) in [5.41, 5.74) is 2.41. The topological polar surface area (TPSA) is 53.4 Å². The Labute approximate surface area is 149 Å². The van der Waals surface area contributed by atoms with Gasteiger partial charge in [0.25, 0.3) is 0 Å². The zero-order chi connectivity index (χ0) is 17.6. The molecule has 2 aromatic rings. The van der Waals surface area contributed by atoms with Gasteiger partial charge in [-0.15, -0.1) is 0 Å². The van der Waals surface area contributed by atoms with Gasteiger partial charge in [-0.1, -0.05) is 18.2 Å². The van der Waals surface area contributed by atoms with Crippen LogP contribution in [-0.4, -0.2) is 46.7 Å². The van der Waals surface area contributed by atoms with Gasteiger partial charge in [0.2, 0.25) is 0 Å². The number of carbonyl (C=O) groups is 1. The lowest BCUT2D eigenvalue weighted by Gasteiger charge is -2.28. The van der Waals surface area contributed by atoms with E-state index in [1.54, 1.807) is 6.20 Å². The molecule has 0 unspecified atom stereocenters. The Hall–Kier alpha value is -2.50. The van der Waals surface area contributed by atoms with Gasteiger partial charge in [-0.3, -0.25) is 0 Å². The number of nitrogens with one attached hydrogen (secondary N) is 1. The van der Waals surface area contributed by atoms with Gasteiger partial charge in [-0.2, -0.15) is 0 Å². The number of likely N-dealkylation sites (N-methyl/N-ethyl adjacent to an activating group) is 1. The Bertz CT molecular complexity index is 685. The Morgan fingerprint density at radius 1 is 1.32 bits per heavy atom. The fourth-order valence-corrected chi connectivity index (χ4v) is 3.36. The van der Waals surface area contributed by atoms with E-state index in [0.717, 1.165) is 25.9 Å². The van der Waals surface area contributed by atoms with Crippen LogP contribution in [0.15, 0.2) is 43.0 Å². The Morgan fingerprint density at radius 2 is 2.16 bits per heavy atom. The van der Waals surface area contributed by atoms with Crippen LogP contribution < -0.4 is 10.2 Å². The van der Waals surface area contributed by atoms with E-state index < -0.39 is 0 Å². The van der Waals surface area contributed by atoms with E-state index in [1.807, 2.05) is 23.5 Å². The number of aromatic nitrogens is 2. The molecule has 6 heteroatoms. The highest BCUT2D eigenvalue weighted by Gasteiger charge is 2.26. The number of nitrogens with zero attached hydrogens (tertiary/aromatic N) is 4. The van der Waals surface area contributed by atoms with Crippen molar-refractivity contribution in [3.05, 3.63) is 48.5 Å². The fraction of sp³-hybridized carbons (Fsp3) is 0.474. The maximum atomic E-state index is 12.7. The van der Waals surface area contributed by atoms with E-state index in [9.17, 15) is 4.79 Å². The number of hydrogen-bond acceptors (Lipinski definition) is 3. The lowest BCUT2D eigenvalue weighted by molar-refractivity contribution is 0.178. The van der Waals surface area contributed by atoms with Gasteiger partial charge in [0.1, 0.15) is 0 Å². The third-order valence-corrected chi connectivity index (χ3v) is 4.75. The second-order valence-electron chi connectivity index (χ2n) is 6.73. The number of para-hydroxylation sites is 1. The average molecular weight is 341 g/mol. The molecule has 1 aliphatic heterocycles. The number of anilines is 1. The lowest BCUT2D eigenvalue weighted by atomic mass is 10.1. The molecule has 2 amide bonds. The van der Waals surface area contributed by atoms with Crippen molar-refractivity contribution in [2.24, 2.45) is 0 Å². The number of urea groups is 1. The van der Waals surface area contributed by atoms with Crippen molar-refractivity contribution in [3.8, 4) is 0 Å². The molecule has 1 aromatic heterocycles. The van der Waals surface area contributed by atoms with Crippen molar-refractivity contribution >= 4 is 11.7 Å². The Kier molecular flexibility index (Phi) is 5.58. The summed E-state index contributed by atoms with van der Waals surface area (Å²) in [6.07, 6.45) is 7.56. The number of hydrogen-bond donors (Lipinski definition) is 1. The van der Waals surface area contributed by atoms with E-state index >= 15 is 0 Å². The second kappa shape index (κ2) is 8.05. The van der Waals surface area contributed by atoms with Crippen LogP contribution in [-0.2, 0) is 13.1 Å². The lowest BCUT2D eigenvalue weighted by Crippen LogP contribution is -2.47. The number of imidazole rings is 1. The molecule has 3 rings (SSSR count). The number of benzene rings is 1. The molecular formula is C19H27N5O. The molecule has 1 atom stereocenters. The zero-order valence-corrected chi connectivity index (χ0v) is 15.1. The predicted octanol–water partition coefficient (Wildman–Crippen LogP) is 2.71. The number of amides is 2. The van der Waals surface area contributed by atoms with Gasteiger partial charge < -0.3 is 19.7 Å². The van der Waals surface area contributed by atoms with E-state index in [-0.39, 0.29) is 12.1 Å². The first-order valence-corrected chi connectivity index (χ1v) is 8.94. The highest BCUT2D eigenvalue weighted by atomic mass is 16.2. The van der Waals surface area contributed by atoms with Gasteiger partial charge in [0, 0.05) is 57.3 Å². The van der Waals surface area contributed by atoms with E-state index in [4.69, 9.17) is 0 Å². The standard InChI is InChI=1S/C19H27N5O/c1-16-13-22(2)18-8-4-3-7-17(18)14-24(16)19(25)21-9-5-6-11-23-12-10-20-15-23/h3-4,7-8,10,12,15-16H,5-6,9,11,13-14H2,1-2H3,(H,21,25)/t16-/m1/s1. The van der Waals surface area contributed by atoms with Crippen LogP contribution in [0.4, 0.5) is 10.5 Å². The maximum Gasteiger partial charge on any atom is 0.318 e. The van der Waals surface area contributed by atoms with Crippen molar-refractivity contribution in [1.82, 2.24) is 19.8 Å². The first-order valence-electron chi connectivity index (χ1n) is 8.94. The Balaban J connectivity index is 1.51. The minimum absolute atomic E-state index is 0.0280. The quantitative estimate of drug-likeness (QED) is 0.851. The van der Waals surface area contributed by atoms with Crippen LogP contribution in [0.2, 0.25) is 0 Å². The van der Waals surface area contributed by atoms with Crippen molar-refractivity contribution < 1.29 is 4.79 Å². The number of rotatable bonds is 5. The van der Waals surface area contributed by atoms with E-state index in [0.29, 0.717) is 13.1 Å². The molecule has 6 nitrogen and oxygen atoms in total. The van der Waals surface area contributed by atoms with Crippen molar-refractivity contribution in [1.29, 1.82) is 0 Å². The number of carbonyl (C=O) groups excluding carboxylic acids is 1. The van der Waals surface area contributed by atoms with Gasteiger partial charge in [-0.05, 0) is 31.4 Å². The summed E-state index contributed by atoms with van der Waals surface area (Å²) in [6.45, 7) is 5.25. The highest BCUT2D eigenvalue weighted by Crippen LogP contribution is 2.25. The summed E-state index contributed by atoms with van der Waals surface area (Å²) >= 11 is 0. The molecule has 0 saturated heterocycles. The van der Waals surface area contributed by atoms with Crippen LogP contribution in [0.3, 0.4) is 0 Å². The summed E-state index contributed by atoms with van der Waals surface area (Å²) in [5.74, 6) is 0. The summed E-state index contributed by atoms with van der Waals surface area (Å²) in [7, 11) is 2.09. The first-order chi connectivity index (χ1) is 12.1. The minimum Gasteiger partial charge on any atom is -0.372 e. The SMILES string of the molecule is C[C@@H]1CN(C)c2ccccc2CN1C(=O)NCCCCn1ccnc1. The molecule has 0 spiro atoms. The van der Waals surface area contributed by atoms with Gasteiger partial charge in [0.15, 0.2) is 0 Å². The van der Waals surface area contributed by atoms with Gasteiger partial charge in [-0.25, -0.2) is 9.78 Å². The second-order valence-corrected chi connectivity index (χ2v) is 6.73. The Morgan fingerprint density at radius 3 is 2.96 bits per heavy atom. The monoisotopic (exact) mass is 341 g/mol. The molecule has 25 heavy (non-hydrogen) atoms. The van der Waals surface area contributed by atoms with Gasteiger partial charge in [0.05, 0.1) is 6.33 Å². The smallest absolute Gasteiger partial charge is 0.318 e. The van der Waals surface area contributed by atoms with Crippen LogP contribution >= 0.6 is 0 Å². The third-order valence-electron chi connectivity index (χ3n) is 4.75. The fourth-order valence-electron chi connectivity index (χ4n) is 3.36. The van der Waals surface area contributed by atoms with E-state index in [1.165, 1.54) is 11.3 Å². The molecule has 0 radical (unpaired) electrons. The molecule has 0 aliphatic carbocycles.